The number of nitrogens with zero attached hydrogens (tertiary/aromatic N) is 4. The van der Waals surface area contributed by atoms with Crippen LogP contribution in [-0.4, -0.2) is 58.0 Å². The van der Waals surface area contributed by atoms with Crippen molar-refractivity contribution in [2.75, 3.05) is 32.7 Å². The highest BCUT2D eigenvalue weighted by molar-refractivity contribution is 9.10. The van der Waals surface area contributed by atoms with Crippen molar-refractivity contribution in [2.24, 2.45) is 0 Å². The van der Waals surface area contributed by atoms with E-state index in [1.807, 2.05) is 41.4 Å². The summed E-state index contributed by atoms with van der Waals surface area (Å²) in [5, 5.41) is 1.26. The normalized spacial score (nSPS) is 15.3. The number of carbonyl (C=O) groups is 1. The topological polar surface area (TPSA) is 41.4 Å². The molecule has 2 aromatic heterocycles. The lowest BCUT2D eigenvalue weighted by atomic mass is 10.1. The molecule has 146 valence electrons. The van der Waals surface area contributed by atoms with E-state index in [0.717, 1.165) is 61.4 Å². The molecule has 4 rings (SSSR count). The number of piperazine rings is 1. The predicted octanol–water partition coefficient (Wildman–Crippen LogP) is 3.82. The Bertz CT molecular complexity index is 976. The zero-order valence-electron chi connectivity index (χ0n) is 16.1. The molecule has 0 N–H and O–H groups in total. The maximum absolute atomic E-state index is 12.8. The van der Waals surface area contributed by atoms with Crippen molar-refractivity contribution in [3.05, 3.63) is 64.4 Å². The Morgan fingerprint density at radius 2 is 1.89 bits per heavy atom. The van der Waals surface area contributed by atoms with Crippen LogP contribution in [0.25, 0.3) is 11.0 Å². The first-order chi connectivity index (χ1) is 13.7. The fraction of sp³-hybridized carbons (Fsp3) is 0.364. The van der Waals surface area contributed by atoms with Crippen LogP contribution in [0, 0.1) is 0 Å². The second kappa shape index (κ2) is 8.45. The Morgan fingerprint density at radius 3 is 2.64 bits per heavy atom. The van der Waals surface area contributed by atoms with Crippen LogP contribution in [0.5, 0.6) is 0 Å². The SMILES string of the molecule is CCn1cc(CCN2CCN(C(=O)c3ccccc3Br)CC2)c2cccnc21. The lowest BCUT2D eigenvalue weighted by Gasteiger charge is -2.35. The van der Waals surface area contributed by atoms with Crippen molar-refractivity contribution in [3.8, 4) is 0 Å². The van der Waals surface area contributed by atoms with Crippen molar-refractivity contribution in [1.82, 2.24) is 19.4 Å². The van der Waals surface area contributed by atoms with Gasteiger partial charge in [-0.05, 0) is 59.1 Å². The molecule has 1 aliphatic heterocycles. The third kappa shape index (κ3) is 3.84. The second-order valence-corrected chi connectivity index (χ2v) is 8.03. The molecule has 1 aliphatic rings. The molecule has 6 heteroatoms. The van der Waals surface area contributed by atoms with E-state index in [-0.39, 0.29) is 5.91 Å². The minimum absolute atomic E-state index is 0.115. The summed E-state index contributed by atoms with van der Waals surface area (Å²) < 4.78 is 3.09. The fourth-order valence-electron chi connectivity index (χ4n) is 3.89. The van der Waals surface area contributed by atoms with Crippen molar-refractivity contribution in [3.63, 3.8) is 0 Å². The number of carbonyl (C=O) groups excluding carboxylic acids is 1. The highest BCUT2D eigenvalue weighted by atomic mass is 79.9. The summed E-state index contributed by atoms with van der Waals surface area (Å²) in [6.07, 6.45) is 5.11. The van der Waals surface area contributed by atoms with E-state index in [0.29, 0.717) is 0 Å². The zero-order valence-corrected chi connectivity index (χ0v) is 17.7. The molecule has 0 bridgehead atoms. The first kappa shape index (κ1) is 19.2. The molecule has 3 heterocycles. The number of benzene rings is 1. The Labute approximate surface area is 174 Å². The Morgan fingerprint density at radius 1 is 1.11 bits per heavy atom. The number of hydrogen-bond donors (Lipinski definition) is 0. The number of hydrogen-bond acceptors (Lipinski definition) is 3. The third-order valence-electron chi connectivity index (χ3n) is 5.52. The molecular formula is C22H25BrN4O. The fourth-order valence-corrected chi connectivity index (χ4v) is 4.35. The van der Waals surface area contributed by atoms with Crippen LogP contribution in [0.4, 0.5) is 0 Å². The summed E-state index contributed by atoms with van der Waals surface area (Å²) in [6, 6.07) is 11.8. The molecule has 0 radical (unpaired) electrons. The van der Waals surface area contributed by atoms with Gasteiger partial charge in [0.05, 0.1) is 5.56 Å². The maximum atomic E-state index is 12.8. The molecule has 0 saturated carbocycles. The van der Waals surface area contributed by atoms with Crippen LogP contribution in [0.2, 0.25) is 0 Å². The van der Waals surface area contributed by atoms with Gasteiger partial charge >= 0.3 is 0 Å². The van der Waals surface area contributed by atoms with E-state index < -0.39 is 0 Å². The average Bonchev–Trinajstić information content (AvgIpc) is 3.10. The van der Waals surface area contributed by atoms with Gasteiger partial charge in [0.1, 0.15) is 5.65 Å². The van der Waals surface area contributed by atoms with E-state index in [1.165, 1.54) is 10.9 Å². The molecule has 5 nitrogen and oxygen atoms in total. The van der Waals surface area contributed by atoms with Gasteiger partial charge < -0.3 is 9.47 Å². The quantitative estimate of drug-likeness (QED) is 0.605. The number of aromatic nitrogens is 2. The Hall–Kier alpha value is -2.18. The van der Waals surface area contributed by atoms with Crippen LogP contribution in [0.15, 0.2) is 53.3 Å². The van der Waals surface area contributed by atoms with Gasteiger partial charge in [-0.1, -0.05) is 12.1 Å². The lowest BCUT2D eigenvalue weighted by molar-refractivity contribution is 0.0637. The molecule has 3 aromatic rings. The Balaban J connectivity index is 1.35. The average molecular weight is 441 g/mol. The summed E-state index contributed by atoms with van der Waals surface area (Å²) in [5.74, 6) is 0.115. The van der Waals surface area contributed by atoms with E-state index in [1.54, 1.807) is 0 Å². The van der Waals surface area contributed by atoms with Gasteiger partial charge in [0.25, 0.3) is 5.91 Å². The highest BCUT2D eigenvalue weighted by Crippen LogP contribution is 2.21. The van der Waals surface area contributed by atoms with E-state index >= 15 is 0 Å². The summed E-state index contributed by atoms with van der Waals surface area (Å²) in [7, 11) is 0. The van der Waals surface area contributed by atoms with E-state index in [4.69, 9.17) is 0 Å². The minimum Gasteiger partial charge on any atom is -0.336 e. The summed E-state index contributed by atoms with van der Waals surface area (Å²) >= 11 is 3.49. The summed E-state index contributed by atoms with van der Waals surface area (Å²) in [5.41, 5.74) is 3.18. The molecule has 1 aromatic carbocycles. The van der Waals surface area contributed by atoms with Crippen molar-refractivity contribution >= 4 is 32.9 Å². The largest absolute Gasteiger partial charge is 0.336 e. The van der Waals surface area contributed by atoms with Crippen molar-refractivity contribution in [2.45, 2.75) is 19.9 Å². The van der Waals surface area contributed by atoms with Gasteiger partial charge in [0.15, 0.2) is 0 Å². The standard InChI is InChI=1S/C22H25BrN4O/c1-2-26-16-17(18-7-5-10-24-21(18)26)9-11-25-12-14-27(15-13-25)22(28)19-6-3-4-8-20(19)23/h3-8,10,16H,2,9,11-15H2,1H3. The number of rotatable bonds is 5. The smallest absolute Gasteiger partial charge is 0.255 e. The molecule has 28 heavy (non-hydrogen) atoms. The number of amides is 1. The Kier molecular flexibility index (Phi) is 5.78. The third-order valence-corrected chi connectivity index (χ3v) is 6.21. The minimum atomic E-state index is 0.115. The van der Waals surface area contributed by atoms with Crippen molar-refractivity contribution in [1.29, 1.82) is 0 Å². The number of halogens is 1. The molecule has 0 unspecified atom stereocenters. The molecule has 0 atom stereocenters. The first-order valence-electron chi connectivity index (χ1n) is 9.86. The van der Waals surface area contributed by atoms with Gasteiger partial charge in [0, 0.05) is 61.5 Å². The first-order valence-corrected chi connectivity index (χ1v) is 10.7. The zero-order chi connectivity index (χ0) is 19.5. The molecule has 1 amide bonds. The van der Waals surface area contributed by atoms with E-state index in [9.17, 15) is 4.79 Å². The van der Waals surface area contributed by atoms with Crippen LogP contribution < -0.4 is 0 Å². The van der Waals surface area contributed by atoms with Gasteiger partial charge in [0.2, 0.25) is 0 Å². The van der Waals surface area contributed by atoms with E-state index in [2.05, 4.69) is 49.6 Å². The molecule has 0 spiro atoms. The molecule has 1 fully saturated rings. The highest BCUT2D eigenvalue weighted by Gasteiger charge is 2.23. The molecule has 0 aliphatic carbocycles. The van der Waals surface area contributed by atoms with Gasteiger partial charge in [-0.2, -0.15) is 0 Å². The summed E-state index contributed by atoms with van der Waals surface area (Å²) in [4.78, 5) is 21.7. The molecular weight excluding hydrogens is 416 g/mol. The van der Waals surface area contributed by atoms with Crippen LogP contribution in [0.1, 0.15) is 22.8 Å². The van der Waals surface area contributed by atoms with Gasteiger partial charge in [-0.25, -0.2) is 4.98 Å². The lowest BCUT2D eigenvalue weighted by Crippen LogP contribution is -2.49. The number of pyridine rings is 1. The number of fused-ring (bicyclic) bond motifs is 1. The second-order valence-electron chi connectivity index (χ2n) is 7.18. The maximum Gasteiger partial charge on any atom is 0.255 e. The summed E-state index contributed by atoms with van der Waals surface area (Å²) in [6.45, 7) is 7.48. The van der Waals surface area contributed by atoms with Crippen LogP contribution in [-0.2, 0) is 13.0 Å². The van der Waals surface area contributed by atoms with Crippen molar-refractivity contribution < 1.29 is 4.79 Å². The van der Waals surface area contributed by atoms with Crippen LogP contribution in [0.3, 0.4) is 0 Å². The van der Waals surface area contributed by atoms with Gasteiger partial charge in [-0.3, -0.25) is 9.69 Å². The van der Waals surface area contributed by atoms with Crippen LogP contribution >= 0.6 is 15.9 Å². The molecule has 1 saturated heterocycles. The number of aryl methyl sites for hydroxylation is 1. The predicted molar refractivity (Wildman–Crippen MR) is 116 cm³/mol. The van der Waals surface area contributed by atoms with Gasteiger partial charge in [-0.15, -0.1) is 0 Å². The monoisotopic (exact) mass is 440 g/mol.